The van der Waals surface area contributed by atoms with E-state index in [1.54, 1.807) is 11.8 Å². The van der Waals surface area contributed by atoms with Crippen LogP contribution in [0.2, 0.25) is 0 Å². The van der Waals surface area contributed by atoms with E-state index in [9.17, 15) is 4.79 Å². The Bertz CT molecular complexity index is 435. The van der Waals surface area contributed by atoms with E-state index in [4.69, 9.17) is 4.74 Å². The minimum Gasteiger partial charge on any atom is -0.466 e. The van der Waals surface area contributed by atoms with Gasteiger partial charge in [0.25, 0.3) is 0 Å². The van der Waals surface area contributed by atoms with Crippen LogP contribution < -0.4 is 0 Å². The van der Waals surface area contributed by atoms with Crippen LogP contribution >= 0.6 is 11.8 Å². The number of methoxy groups -OCH3 is 1. The number of hydrogen-bond acceptors (Lipinski definition) is 3. The van der Waals surface area contributed by atoms with Crippen LogP contribution in [-0.4, -0.2) is 18.8 Å². The van der Waals surface area contributed by atoms with Gasteiger partial charge in [-0.15, -0.1) is 11.8 Å². The standard InChI is InChI=1S/C12H12O2S/c1-8-3-4-11-9(5-8)6-10(7-15-11)12(13)14-2/h3-6H,7H2,1-2H3. The van der Waals surface area contributed by atoms with Gasteiger partial charge >= 0.3 is 5.97 Å². The molecule has 0 bridgehead atoms. The van der Waals surface area contributed by atoms with Gasteiger partial charge in [0, 0.05) is 16.2 Å². The number of esters is 1. The molecule has 1 aliphatic rings. The number of rotatable bonds is 1. The number of fused-ring (bicyclic) bond motifs is 1. The molecule has 0 aromatic heterocycles. The molecule has 0 atom stereocenters. The van der Waals surface area contributed by atoms with Gasteiger partial charge in [-0.05, 0) is 24.6 Å². The second-order valence-electron chi connectivity index (χ2n) is 3.49. The first kappa shape index (κ1) is 10.3. The molecule has 1 aliphatic heterocycles. The molecule has 2 nitrogen and oxygen atoms in total. The van der Waals surface area contributed by atoms with Gasteiger partial charge < -0.3 is 4.74 Å². The van der Waals surface area contributed by atoms with Gasteiger partial charge in [0.15, 0.2) is 0 Å². The van der Waals surface area contributed by atoms with Crippen molar-refractivity contribution < 1.29 is 9.53 Å². The molecule has 0 fully saturated rings. The van der Waals surface area contributed by atoms with Gasteiger partial charge in [0.2, 0.25) is 0 Å². The Morgan fingerprint density at radius 1 is 1.47 bits per heavy atom. The zero-order valence-corrected chi connectivity index (χ0v) is 9.56. The zero-order chi connectivity index (χ0) is 10.8. The summed E-state index contributed by atoms with van der Waals surface area (Å²) in [6, 6.07) is 6.27. The predicted octanol–water partition coefficient (Wildman–Crippen LogP) is 2.66. The van der Waals surface area contributed by atoms with E-state index in [2.05, 4.69) is 18.2 Å². The normalized spacial score (nSPS) is 14.1. The van der Waals surface area contributed by atoms with Crippen molar-refractivity contribution in [1.29, 1.82) is 0 Å². The molecule has 0 aliphatic carbocycles. The average molecular weight is 220 g/mol. The minimum atomic E-state index is -0.227. The van der Waals surface area contributed by atoms with Gasteiger partial charge in [0.1, 0.15) is 0 Å². The molecule has 0 spiro atoms. The van der Waals surface area contributed by atoms with E-state index in [1.165, 1.54) is 17.6 Å². The molecule has 2 rings (SSSR count). The third-order valence-corrected chi connectivity index (χ3v) is 3.46. The van der Waals surface area contributed by atoms with Crippen LogP contribution in [0.4, 0.5) is 0 Å². The SMILES string of the molecule is COC(=O)C1=Cc2cc(C)ccc2SC1. The molecule has 0 amide bonds. The molecule has 0 N–H and O–H groups in total. The van der Waals surface area contributed by atoms with Crippen molar-refractivity contribution in [3.63, 3.8) is 0 Å². The van der Waals surface area contributed by atoms with Crippen LogP contribution in [-0.2, 0) is 9.53 Å². The topological polar surface area (TPSA) is 26.3 Å². The highest BCUT2D eigenvalue weighted by molar-refractivity contribution is 7.99. The van der Waals surface area contributed by atoms with E-state index in [0.29, 0.717) is 5.75 Å². The van der Waals surface area contributed by atoms with Crippen LogP contribution in [0.5, 0.6) is 0 Å². The van der Waals surface area contributed by atoms with Gasteiger partial charge in [-0.25, -0.2) is 4.79 Å². The van der Waals surface area contributed by atoms with E-state index in [0.717, 1.165) is 11.1 Å². The molecule has 3 heteroatoms. The molecular weight excluding hydrogens is 208 g/mol. The lowest BCUT2D eigenvalue weighted by Gasteiger charge is -2.14. The number of hydrogen-bond donors (Lipinski definition) is 0. The largest absolute Gasteiger partial charge is 0.466 e. The summed E-state index contributed by atoms with van der Waals surface area (Å²) in [7, 11) is 1.42. The molecule has 78 valence electrons. The smallest absolute Gasteiger partial charge is 0.334 e. The summed E-state index contributed by atoms with van der Waals surface area (Å²) in [5.41, 5.74) is 3.06. The van der Waals surface area contributed by atoms with Gasteiger partial charge in [-0.3, -0.25) is 0 Å². The van der Waals surface area contributed by atoms with E-state index < -0.39 is 0 Å². The summed E-state index contributed by atoms with van der Waals surface area (Å²) < 4.78 is 4.71. The first-order valence-corrected chi connectivity index (χ1v) is 5.71. The van der Waals surface area contributed by atoms with E-state index >= 15 is 0 Å². The molecule has 1 aromatic rings. The van der Waals surface area contributed by atoms with Crippen molar-refractivity contribution in [3.05, 3.63) is 34.9 Å². The Morgan fingerprint density at radius 3 is 3.00 bits per heavy atom. The second-order valence-corrected chi connectivity index (χ2v) is 4.51. The lowest BCUT2D eigenvalue weighted by molar-refractivity contribution is -0.135. The van der Waals surface area contributed by atoms with Crippen LogP contribution in [0.15, 0.2) is 28.7 Å². The van der Waals surface area contributed by atoms with Crippen LogP contribution in [0.3, 0.4) is 0 Å². The van der Waals surface area contributed by atoms with Gasteiger partial charge in [0.05, 0.1) is 7.11 Å². The maximum atomic E-state index is 11.4. The minimum absolute atomic E-state index is 0.227. The monoisotopic (exact) mass is 220 g/mol. The molecule has 0 radical (unpaired) electrons. The summed E-state index contributed by atoms with van der Waals surface area (Å²) in [5.74, 6) is 0.470. The fraction of sp³-hybridized carbons (Fsp3) is 0.250. The summed E-state index contributed by atoms with van der Waals surface area (Å²) in [6.07, 6.45) is 1.92. The molecule has 1 heterocycles. The van der Waals surface area contributed by atoms with Crippen molar-refractivity contribution >= 4 is 23.8 Å². The first-order chi connectivity index (χ1) is 7.20. The maximum Gasteiger partial charge on any atom is 0.334 e. The van der Waals surface area contributed by atoms with Crippen LogP contribution in [0, 0.1) is 6.92 Å². The van der Waals surface area contributed by atoms with Crippen LogP contribution in [0.25, 0.3) is 6.08 Å². The summed E-state index contributed by atoms with van der Waals surface area (Å²) in [4.78, 5) is 12.6. The third kappa shape index (κ3) is 2.07. The fourth-order valence-electron chi connectivity index (χ4n) is 1.55. The van der Waals surface area contributed by atoms with Gasteiger partial charge in [-0.1, -0.05) is 17.7 Å². The Kier molecular flexibility index (Phi) is 2.82. The van der Waals surface area contributed by atoms with E-state index in [1.807, 2.05) is 13.0 Å². The number of thioether (sulfide) groups is 1. The second kappa shape index (κ2) is 4.11. The highest BCUT2D eigenvalue weighted by atomic mass is 32.2. The molecular formula is C12H12O2S. The van der Waals surface area contributed by atoms with E-state index in [-0.39, 0.29) is 5.97 Å². The summed E-state index contributed by atoms with van der Waals surface area (Å²) >= 11 is 1.68. The Balaban J connectivity index is 2.39. The van der Waals surface area contributed by atoms with Crippen molar-refractivity contribution in [2.75, 3.05) is 12.9 Å². The lowest BCUT2D eigenvalue weighted by atomic mass is 10.1. The lowest BCUT2D eigenvalue weighted by Crippen LogP contribution is -2.09. The van der Waals surface area contributed by atoms with Crippen molar-refractivity contribution in [1.82, 2.24) is 0 Å². The Labute approximate surface area is 93.3 Å². The average Bonchev–Trinajstić information content (AvgIpc) is 2.27. The summed E-state index contributed by atoms with van der Waals surface area (Å²) in [6.45, 7) is 2.05. The maximum absolute atomic E-state index is 11.4. The summed E-state index contributed by atoms with van der Waals surface area (Å²) in [5, 5.41) is 0. The molecule has 0 saturated heterocycles. The van der Waals surface area contributed by atoms with Crippen molar-refractivity contribution in [2.45, 2.75) is 11.8 Å². The highest BCUT2D eigenvalue weighted by Gasteiger charge is 2.16. The molecule has 0 saturated carbocycles. The first-order valence-electron chi connectivity index (χ1n) is 4.73. The number of ether oxygens (including phenoxy) is 1. The predicted molar refractivity (Wildman–Crippen MR) is 61.9 cm³/mol. The Morgan fingerprint density at radius 2 is 2.27 bits per heavy atom. The van der Waals surface area contributed by atoms with Crippen LogP contribution in [0.1, 0.15) is 11.1 Å². The zero-order valence-electron chi connectivity index (χ0n) is 8.74. The number of aryl methyl sites for hydroxylation is 1. The van der Waals surface area contributed by atoms with Crippen molar-refractivity contribution in [3.8, 4) is 0 Å². The highest BCUT2D eigenvalue weighted by Crippen LogP contribution is 2.32. The number of carbonyl (C=O) groups is 1. The quantitative estimate of drug-likeness (QED) is 0.681. The molecule has 1 aromatic carbocycles. The molecule has 0 unspecified atom stereocenters. The number of benzene rings is 1. The third-order valence-electron chi connectivity index (χ3n) is 2.33. The molecule has 15 heavy (non-hydrogen) atoms. The van der Waals surface area contributed by atoms with Crippen molar-refractivity contribution in [2.24, 2.45) is 0 Å². The fourth-order valence-corrected chi connectivity index (χ4v) is 2.51. The Hall–Kier alpha value is -1.22. The number of carbonyl (C=O) groups excluding carboxylic acids is 1. The van der Waals surface area contributed by atoms with Gasteiger partial charge in [-0.2, -0.15) is 0 Å².